The van der Waals surface area contributed by atoms with Gasteiger partial charge in [-0.2, -0.15) is 0 Å². The van der Waals surface area contributed by atoms with Crippen LogP contribution in [0.2, 0.25) is 0 Å². The summed E-state index contributed by atoms with van der Waals surface area (Å²) >= 11 is 3.45. The van der Waals surface area contributed by atoms with Crippen LogP contribution in [-0.2, 0) is 12.6 Å². The lowest BCUT2D eigenvalue weighted by Gasteiger charge is -2.24. The van der Waals surface area contributed by atoms with Gasteiger partial charge in [-0.05, 0) is 13.0 Å². The molecule has 0 radical (unpaired) electrons. The maximum atomic E-state index is 10.6. The third-order valence-corrected chi connectivity index (χ3v) is 3.35. The van der Waals surface area contributed by atoms with Crippen LogP contribution in [0.4, 0.5) is 0 Å². The average Bonchev–Trinajstić information content (AvgIpc) is 2.65. The Morgan fingerprint density at radius 1 is 1.38 bits per heavy atom. The largest absolute Gasteiger partial charge is 0.377 e. The molecule has 16 heavy (non-hydrogen) atoms. The summed E-state index contributed by atoms with van der Waals surface area (Å²) in [4.78, 5) is 4.20. The first-order valence-corrected chi connectivity index (χ1v) is 5.78. The van der Waals surface area contributed by atoms with E-state index in [1.165, 1.54) is 0 Å². The van der Waals surface area contributed by atoms with Crippen molar-refractivity contribution in [3.63, 3.8) is 0 Å². The van der Waals surface area contributed by atoms with Crippen molar-refractivity contribution >= 4 is 15.9 Å². The van der Waals surface area contributed by atoms with Crippen LogP contribution in [0.15, 0.2) is 41.1 Å². The first kappa shape index (κ1) is 11.4. The highest BCUT2D eigenvalue weighted by Crippen LogP contribution is 2.32. The molecule has 1 unspecified atom stereocenters. The molecule has 3 nitrogen and oxygen atoms in total. The molecule has 0 aliphatic carbocycles. The van der Waals surface area contributed by atoms with E-state index in [4.69, 9.17) is 0 Å². The normalized spacial score (nSPS) is 14.8. The summed E-state index contributed by atoms with van der Waals surface area (Å²) in [6, 6.07) is 7.62. The van der Waals surface area contributed by atoms with Gasteiger partial charge < -0.3 is 9.67 Å². The van der Waals surface area contributed by atoms with Gasteiger partial charge in [0.1, 0.15) is 11.4 Å². The highest BCUT2D eigenvalue weighted by molar-refractivity contribution is 9.10. The fraction of sp³-hybridized carbons (Fsp3) is 0.250. The van der Waals surface area contributed by atoms with Crippen LogP contribution < -0.4 is 0 Å². The molecule has 0 spiro atoms. The van der Waals surface area contributed by atoms with Crippen LogP contribution in [-0.4, -0.2) is 14.7 Å². The molecule has 1 atom stereocenters. The van der Waals surface area contributed by atoms with Gasteiger partial charge in [0, 0.05) is 29.5 Å². The molecule has 4 heteroatoms. The third kappa shape index (κ3) is 1.79. The summed E-state index contributed by atoms with van der Waals surface area (Å²) in [5, 5.41) is 10.6. The lowest BCUT2D eigenvalue weighted by molar-refractivity contribution is 0.0884. The van der Waals surface area contributed by atoms with Gasteiger partial charge >= 0.3 is 0 Å². The number of hydrogen-bond donors (Lipinski definition) is 1. The number of halogens is 1. The van der Waals surface area contributed by atoms with Gasteiger partial charge in [-0.25, -0.2) is 4.98 Å². The van der Waals surface area contributed by atoms with E-state index in [2.05, 4.69) is 20.9 Å². The summed E-state index contributed by atoms with van der Waals surface area (Å²) in [7, 11) is 1.87. The van der Waals surface area contributed by atoms with Gasteiger partial charge in [0.15, 0.2) is 0 Å². The molecule has 0 fully saturated rings. The lowest BCUT2D eigenvalue weighted by atomic mass is 9.95. The molecule has 84 valence electrons. The molecule has 0 saturated carbocycles. The van der Waals surface area contributed by atoms with Crippen molar-refractivity contribution in [3.05, 3.63) is 52.5 Å². The molecule has 0 bridgehead atoms. The first-order valence-electron chi connectivity index (χ1n) is 4.98. The van der Waals surface area contributed by atoms with E-state index < -0.39 is 5.60 Å². The van der Waals surface area contributed by atoms with Gasteiger partial charge in [-0.3, -0.25) is 0 Å². The van der Waals surface area contributed by atoms with Crippen molar-refractivity contribution < 1.29 is 5.11 Å². The van der Waals surface area contributed by atoms with Gasteiger partial charge in [-0.1, -0.05) is 34.1 Å². The summed E-state index contributed by atoms with van der Waals surface area (Å²) in [6.07, 6.45) is 3.50. The van der Waals surface area contributed by atoms with E-state index >= 15 is 0 Å². The van der Waals surface area contributed by atoms with Crippen LogP contribution in [0.25, 0.3) is 0 Å². The van der Waals surface area contributed by atoms with E-state index in [1.807, 2.05) is 42.1 Å². The maximum absolute atomic E-state index is 10.6. The Labute approximate surface area is 103 Å². The average molecular weight is 281 g/mol. The van der Waals surface area contributed by atoms with Gasteiger partial charge in [-0.15, -0.1) is 0 Å². The van der Waals surface area contributed by atoms with Crippen LogP contribution >= 0.6 is 15.9 Å². The zero-order valence-corrected chi connectivity index (χ0v) is 10.8. The highest BCUT2D eigenvalue weighted by atomic mass is 79.9. The Morgan fingerprint density at radius 3 is 2.62 bits per heavy atom. The number of aromatic nitrogens is 2. The molecule has 0 aliphatic rings. The van der Waals surface area contributed by atoms with Crippen LogP contribution in [0.3, 0.4) is 0 Å². The minimum atomic E-state index is -1.10. The lowest BCUT2D eigenvalue weighted by Crippen LogP contribution is -2.27. The number of imidazole rings is 1. The molecule has 2 aromatic rings. The highest BCUT2D eigenvalue weighted by Gasteiger charge is 2.31. The smallest absolute Gasteiger partial charge is 0.145 e. The van der Waals surface area contributed by atoms with Crippen molar-refractivity contribution in [2.45, 2.75) is 12.5 Å². The Kier molecular flexibility index (Phi) is 2.86. The van der Waals surface area contributed by atoms with E-state index in [0.29, 0.717) is 5.82 Å². The monoisotopic (exact) mass is 280 g/mol. The summed E-state index contributed by atoms with van der Waals surface area (Å²) in [6.45, 7) is 1.75. The second-order valence-electron chi connectivity index (χ2n) is 3.91. The number of aryl methyl sites for hydroxylation is 1. The molecular formula is C12H13BrN2O. The first-order chi connectivity index (χ1) is 7.53. The second-order valence-corrected chi connectivity index (χ2v) is 4.77. The number of nitrogens with zero attached hydrogens (tertiary/aromatic N) is 2. The van der Waals surface area contributed by atoms with Crippen LogP contribution in [0.1, 0.15) is 18.3 Å². The van der Waals surface area contributed by atoms with E-state index in [9.17, 15) is 5.11 Å². The van der Waals surface area contributed by atoms with Gasteiger partial charge in [0.25, 0.3) is 0 Å². The molecular weight excluding hydrogens is 268 g/mol. The SMILES string of the molecule is Cn1ccnc1C(C)(O)c1ccccc1Br. The van der Waals surface area contributed by atoms with E-state index in [-0.39, 0.29) is 0 Å². The maximum Gasteiger partial charge on any atom is 0.145 e. The predicted octanol–water partition coefficient (Wildman–Crippen LogP) is 2.44. The Bertz CT molecular complexity index is 505. The molecule has 0 aliphatic heterocycles. The van der Waals surface area contributed by atoms with Gasteiger partial charge in [0.2, 0.25) is 0 Å². The standard InChI is InChI=1S/C12H13BrN2O/c1-12(16,11-14-7-8-15(11)2)9-5-3-4-6-10(9)13/h3-8,16H,1-2H3. The molecule has 1 N–H and O–H groups in total. The molecule has 0 amide bonds. The number of aliphatic hydroxyl groups is 1. The van der Waals surface area contributed by atoms with Crippen molar-refractivity contribution in [1.29, 1.82) is 0 Å². The number of hydrogen-bond acceptors (Lipinski definition) is 2. The minimum Gasteiger partial charge on any atom is -0.377 e. The van der Waals surface area contributed by atoms with E-state index in [1.54, 1.807) is 13.1 Å². The quantitative estimate of drug-likeness (QED) is 0.918. The van der Waals surface area contributed by atoms with Crippen molar-refractivity contribution in [3.8, 4) is 0 Å². The van der Waals surface area contributed by atoms with Crippen molar-refractivity contribution in [2.24, 2.45) is 7.05 Å². The minimum absolute atomic E-state index is 0.624. The fourth-order valence-corrected chi connectivity index (χ4v) is 2.48. The third-order valence-electron chi connectivity index (χ3n) is 2.65. The van der Waals surface area contributed by atoms with Gasteiger partial charge in [0.05, 0.1) is 0 Å². The molecule has 1 heterocycles. The second kappa shape index (κ2) is 4.03. The van der Waals surface area contributed by atoms with Crippen LogP contribution in [0.5, 0.6) is 0 Å². The molecule has 1 aromatic heterocycles. The van der Waals surface area contributed by atoms with E-state index in [0.717, 1.165) is 10.0 Å². The van der Waals surface area contributed by atoms with Crippen molar-refractivity contribution in [1.82, 2.24) is 9.55 Å². The Morgan fingerprint density at radius 2 is 2.06 bits per heavy atom. The topological polar surface area (TPSA) is 38.0 Å². The Balaban J connectivity index is 2.55. The Hall–Kier alpha value is -1.13. The summed E-state index contributed by atoms with van der Waals surface area (Å²) in [5.41, 5.74) is -0.289. The number of rotatable bonds is 2. The summed E-state index contributed by atoms with van der Waals surface area (Å²) in [5.74, 6) is 0.624. The fourth-order valence-electron chi connectivity index (χ4n) is 1.81. The number of benzene rings is 1. The summed E-state index contributed by atoms with van der Waals surface area (Å²) < 4.78 is 2.70. The zero-order chi connectivity index (χ0) is 11.8. The predicted molar refractivity (Wildman–Crippen MR) is 66.0 cm³/mol. The van der Waals surface area contributed by atoms with Crippen molar-refractivity contribution in [2.75, 3.05) is 0 Å². The van der Waals surface area contributed by atoms with Crippen LogP contribution in [0, 0.1) is 0 Å². The molecule has 1 aromatic carbocycles. The zero-order valence-electron chi connectivity index (χ0n) is 9.18. The molecule has 2 rings (SSSR count). The molecule has 0 saturated heterocycles.